The Morgan fingerprint density at radius 2 is 2.12 bits per heavy atom. The van der Waals surface area contributed by atoms with Crippen LogP contribution in [-0.4, -0.2) is 11.5 Å². The van der Waals surface area contributed by atoms with Crippen molar-refractivity contribution < 1.29 is 0 Å². The number of halogens is 1. The minimum Gasteiger partial charge on any atom is -0.317 e. The molecule has 0 amide bonds. The summed E-state index contributed by atoms with van der Waals surface area (Å²) in [6.07, 6.45) is 0.450. The zero-order valence-electron chi connectivity index (χ0n) is 9.01. The van der Waals surface area contributed by atoms with Gasteiger partial charge in [0.2, 0.25) is 0 Å². The van der Waals surface area contributed by atoms with E-state index in [9.17, 15) is 0 Å². The SMILES string of the molecule is N#CCCN(c1ccccc1)c1nc(Cl)cs1. The highest BCUT2D eigenvalue weighted by Crippen LogP contribution is 2.29. The summed E-state index contributed by atoms with van der Waals surface area (Å²) in [5.74, 6) is 0. The molecule has 0 aliphatic heterocycles. The predicted molar refractivity (Wildman–Crippen MR) is 70.8 cm³/mol. The molecule has 0 unspecified atom stereocenters. The van der Waals surface area contributed by atoms with E-state index in [2.05, 4.69) is 11.1 Å². The Bertz CT molecular complexity index is 518. The van der Waals surface area contributed by atoms with Gasteiger partial charge in [-0.2, -0.15) is 5.26 Å². The minimum atomic E-state index is 0.450. The highest BCUT2D eigenvalue weighted by Gasteiger charge is 2.12. The summed E-state index contributed by atoms with van der Waals surface area (Å²) >= 11 is 7.31. The van der Waals surface area contributed by atoms with E-state index in [1.165, 1.54) is 11.3 Å². The Balaban J connectivity index is 2.29. The Labute approximate surface area is 109 Å². The van der Waals surface area contributed by atoms with Crippen molar-refractivity contribution >= 4 is 33.8 Å². The fourth-order valence-corrected chi connectivity index (χ4v) is 2.47. The summed E-state index contributed by atoms with van der Waals surface area (Å²) in [7, 11) is 0. The van der Waals surface area contributed by atoms with E-state index in [1.54, 1.807) is 5.38 Å². The van der Waals surface area contributed by atoms with Gasteiger partial charge in [0.25, 0.3) is 0 Å². The normalized spacial score (nSPS) is 9.88. The molecule has 0 N–H and O–H groups in total. The maximum Gasteiger partial charge on any atom is 0.191 e. The minimum absolute atomic E-state index is 0.450. The van der Waals surface area contributed by atoms with E-state index in [0.717, 1.165) is 10.8 Å². The van der Waals surface area contributed by atoms with E-state index in [1.807, 2.05) is 35.2 Å². The van der Waals surface area contributed by atoms with Crippen LogP contribution in [0.15, 0.2) is 35.7 Å². The largest absolute Gasteiger partial charge is 0.317 e. The van der Waals surface area contributed by atoms with Crippen LogP contribution in [0.2, 0.25) is 5.15 Å². The average Bonchev–Trinajstić information content (AvgIpc) is 2.78. The van der Waals surface area contributed by atoms with Crippen LogP contribution in [0.25, 0.3) is 0 Å². The lowest BCUT2D eigenvalue weighted by Crippen LogP contribution is -2.17. The number of hydrogen-bond donors (Lipinski definition) is 0. The van der Waals surface area contributed by atoms with Crippen LogP contribution in [0, 0.1) is 11.3 Å². The van der Waals surface area contributed by atoms with Crippen LogP contribution in [0.3, 0.4) is 0 Å². The molecular weight excluding hydrogens is 254 g/mol. The first kappa shape index (κ1) is 11.9. The van der Waals surface area contributed by atoms with Gasteiger partial charge < -0.3 is 4.90 Å². The first-order chi connectivity index (χ1) is 8.31. The molecule has 86 valence electrons. The monoisotopic (exact) mass is 263 g/mol. The third-order valence-corrected chi connectivity index (χ3v) is 3.40. The maximum atomic E-state index is 8.69. The van der Waals surface area contributed by atoms with Crippen molar-refractivity contribution in [2.24, 2.45) is 0 Å². The van der Waals surface area contributed by atoms with Crippen LogP contribution in [0.5, 0.6) is 0 Å². The fourth-order valence-electron chi connectivity index (χ4n) is 1.47. The van der Waals surface area contributed by atoms with Gasteiger partial charge >= 0.3 is 0 Å². The highest BCUT2D eigenvalue weighted by molar-refractivity contribution is 7.14. The van der Waals surface area contributed by atoms with Gasteiger partial charge in [-0.3, -0.25) is 0 Å². The van der Waals surface area contributed by atoms with E-state index < -0.39 is 0 Å². The van der Waals surface area contributed by atoms with E-state index >= 15 is 0 Å². The van der Waals surface area contributed by atoms with Crippen molar-refractivity contribution in [1.29, 1.82) is 5.26 Å². The number of benzene rings is 1. The second-order valence-corrected chi connectivity index (χ2v) is 4.57. The molecule has 1 aromatic heterocycles. The zero-order valence-corrected chi connectivity index (χ0v) is 10.6. The molecule has 2 rings (SSSR count). The first-order valence-corrected chi connectivity index (χ1v) is 6.37. The lowest BCUT2D eigenvalue weighted by atomic mass is 10.3. The molecule has 17 heavy (non-hydrogen) atoms. The van der Waals surface area contributed by atoms with Gasteiger partial charge in [-0.25, -0.2) is 4.98 Å². The molecule has 1 heterocycles. The van der Waals surface area contributed by atoms with Crippen LogP contribution in [0.4, 0.5) is 10.8 Å². The number of anilines is 2. The van der Waals surface area contributed by atoms with Crippen LogP contribution >= 0.6 is 22.9 Å². The molecule has 2 aromatic rings. The van der Waals surface area contributed by atoms with Crippen molar-refractivity contribution in [3.63, 3.8) is 0 Å². The lowest BCUT2D eigenvalue weighted by molar-refractivity contribution is 0.941. The Morgan fingerprint density at radius 3 is 2.71 bits per heavy atom. The molecule has 0 aliphatic rings. The topological polar surface area (TPSA) is 39.9 Å². The molecule has 0 aliphatic carbocycles. The number of rotatable bonds is 4. The Hall–Kier alpha value is -1.57. The number of nitrogens with zero attached hydrogens (tertiary/aromatic N) is 3. The van der Waals surface area contributed by atoms with Gasteiger partial charge in [-0.05, 0) is 12.1 Å². The van der Waals surface area contributed by atoms with Crippen LogP contribution in [0.1, 0.15) is 6.42 Å². The number of para-hydroxylation sites is 1. The summed E-state index contributed by atoms with van der Waals surface area (Å²) in [5.41, 5.74) is 1.02. The van der Waals surface area contributed by atoms with Crippen molar-refractivity contribution in [3.05, 3.63) is 40.9 Å². The molecular formula is C12H10ClN3S. The van der Waals surface area contributed by atoms with E-state index in [0.29, 0.717) is 18.1 Å². The standard InChI is InChI=1S/C12H10ClN3S/c13-11-9-17-12(15-11)16(8-4-7-14)10-5-2-1-3-6-10/h1-3,5-6,9H,4,8H2. The van der Waals surface area contributed by atoms with Gasteiger partial charge in [0.05, 0.1) is 12.5 Å². The summed E-state index contributed by atoms with van der Waals surface area (Å²) in [6, 6.07) is 12.0. The molecule has 5 heteroatoms. The van der Waals surface area contributed by atoms with Crippen molar-refractivity contribution in [2.45, 2.75) is 6.42 Å². The van der Waals surface area contributed by atoms with Crippen molar-refractivity contribution in [2.75, 3.05) is 11.4 Å². The lowest BCUT2D eigenvalue weighted by Gasteiger charge is -2.20. The summed E-state index contributed by atoms with van der Waals surface area (Å²) in [4.78, 5) is 6.24. The average molecular weight is 264 g/mol. The molecule has 0 radical (unpaired) electrons. The molecule has 3 nitrogen and oxygen atoms in total. The molecule has 0 fully saturated rings. The summed E-state index contributed by atoms with van der Waals surface area (Å²) in [5, 5.41) is 11.8. The van der Waals surface area contributed by atoms with Gasteiger partial charge in [-0.1, -0.05) is 29.8 Å². The van der Waals surface area contributed by atoms with Gasteiger partial charge in [0.15, 0.2) is 5.13 Å². The summed E-state index contributed by atoms with van der Waals surface area (Å²) < 4.78 is 0. The highest BCUT2D eigenvalue weighted by atomic mass is 35.5. The molecule has 0 saturated carbocycles. The predicted octanol–water partition coefficient (Wildman–Crippen LogP) is 3.85. The summed E-state index contributed by atoms with van der Waals surface area (Å²) in [6.45, 7) is 0.615. The molecule has 0 spiro atoms. The smallest absolute Gasteiger partial charge is 0.191 e. The number of nitriles is 1. The van der Waals surface area contributed by atoms with Crippen molar-refractivity contribution in [3.8, 4) is 6.07 Å². The fraction of sp³-hybridized carbons (Fsp3) is 0.167. The molecule has 0 saturated heterocycles. The van der Waals surface area contributed by atoms with Crippen LogP contribution in [-0.2, 0) is 0 Å². The second-order valence-electron chi connectivity index (χ2n) is 3.35. The number of thiazole rings is 1. The first-order valence-electron chi connectivity index (χ1n) is 5.12. The second kappa shape index (κ2) is 5.67. The van der Waals surface area contributed by atoms with Gasteiger partial charge in [-0.15, -0.1) is 11.3 Å². The van der Waals surface area contributed by atoms with Crippen molar-refractivity contribution in [1.82, 2.24) is 4.98 Å². The maximum absolute atomic E-state index is 8.69. The zero-order chi connectivity index (χ0) is 12.1. The Morgan fingerprint density at radius 1 is 1.35 bits per heavy atom. The Kier molecular flexibility index (Phi) is 3.97. The van der Waals surface area contributed by atoms with Crippen LogP contribution < -0.4 is 4.90 Å². The third kappa shape index (κ3) is 2.96. The number of aromatic nitrogens is 1. The molecule has 0 bridgehead atoms. The quantitative estimate of drug-likeness (QED) is 0.841. The number of hydrogen-bond acceptors (Lipinski definition) is 4. The molecule has 1 aromatic carbocycles. The van der Waals surface area contributed by atoms with Gasteiger partial charge in [0, 0.05) is 17.6 Å². The third-order valence-electron chi connectivity index (χ3n) is 2.21. The van der Waals surface area contributed by atoms with E-state index in [4.69, 9.17) is 16.9 Å². The molecule has 0 atom stereocenters. The van der Waals surface area contributed by atoms with Gasteiger partial charge in [0.1, 0.15) is 5.15 Å². The van der Waals surface area contributed by atoms with E-state index in [-0.39, 0.29) is 0 Å².